The van der Waals surface area contributed by atoms with E-state index in [2.05, 4.69) is 20.4 Å². The maximum atomic E-state index is 10.3. The zero-order chi connectivity index (χ0) is 18.1. The van der Waals surface area contributed by atoms with Crippen molar-refractivity contribution < 1.29 is 9.84 Å². The quantitative estimate of drug-likeness (QED) is 0.854. The number of hydrogen-bond donors (Lipinski definition) is 2. The van der Waals surface area contributed by atoms with Gasteiger partial charge in [-0.1, -0.05) is 0 Å². The van der Waals surface area contributed by atoms with Gasteiger partial charge in [-0.15, -0.1) is 10.2 Å². The van der Waals surface area contributed by atoms with Crippen LogP contribution in [-0.2, 0) is 0 Å². The highest BCUT2D eigenvalue weighted by Crippen LogP contribution is 2.38. The van der Waals surface area contributed by atoms with E-state index in [-0.39, 0.29) is 5.75 Å². The second kappa shape index (κ2) is 6.81. The summed E-state index contributed by atoms with van der Waals surface area (Å²) in [5.41, 5.74) is 2.33. The number of benzene rings is 1. The van der Waals surface area contributed by atoms with Crippen LogP contribution in [-0.4, -0.2) is 47.6 Å². The van der Waals surface area contributed by atoms with Gasteiger partial charge in [-0.25, -0.2) is 0 Å². The highest BCUT2D eigenvalue weighted by atomic mass is 16.5. The third-order valence-corrected chi connectivity index (χ3v) is 5.01. The third kappa shape index (κ3) is 2.93. The van der Waals surface area contributed by atoms with Crippen molar-refractivity contribution in [1.82, 2.24) is 15.5 Å². The molecule has 0 unspecified atom stereocenters. The molecule has 0 radical (unpaired) electrons. The number of phenols is 1. The Morgan fingerprint density at radius 2 is 2.23 bits per heavy atom. The molecule has 0 aliphatic carbocycles. The number of rotatable bonds is 2. The second-order valence-corrected chi connectivity index (χ2v) is 6.76. The predicted molar refractivity (Wildman–Crippen MR) is 97.3 cm³/mol. The van der Waals surface area contributed by atoms with Crippen molar-refractivity contribution in [2.75, 3.05) is 31.1 Å². The lowest BCUT2D eigenvalue weighted by Crippen LogP contribution is -2.49. The SMILES string of the molecule is Cc1cc(C#N)cc(O)c1-c1cc2c(nn1)N([C@@H]1CCCNC1)CCO2. The van der Waals surface area contributed by atoms with Crippen LogP contribution in [0.15, 0.2) is 18.2 Å². The molecule has 7 nitrogen and oxygen atoms in total. The molecule has 2 aliphatic heterocycles. The van der Waals surface area contributed by atoms with Gasteiger partial charge in [0.1, 0.15) is 18.1 Å². The minimum Gasteiger partial charge on any atom is -0.507 e. The third-order valence-electron chi connectivity index (χ3n) is 5.01. The van der Waals surface area contributed by atoms with Crippen LogP contribution >= 0.6 is 0 Å². The summed E-state index contributed by atoms with van der Waals surface area (Å²) in [6.07, 6.45) is 2.28. The van der Waals surface area contributed by atoms with Gasteiger partial charge in [0.05, 0.1) is 18.2 Å². The van der Waals surface area contributed by atoms with E-state index in [0.717, 1.165) is 43.9 Å². The number of phenolic OH excluding ortho intramolecular Hbond substituents is 1. The number of nitrogens with one attached hydrogen (secondary N) is 1. The molecule has 1 aromatic carbocycles. The van der Waals surface area contributed by atoms with Gasteiger partial charge in [-0.05, 0) is 44.0 Å². The Balaban J connectivity index is 1.71. The molecular weight excluding hydrogens is 330 g/mol. The van der Waals surface area contributed by atoms with E-state index >= 15 is 0 Å². The van der Waals surface area contributed by atoms with E-state index in [1.807, 2.05) is 19.1 Å². The number of aromatic nitrogens is 2. The molecule has 4 rings (SSSR count). The van der Waals surface area contributed by atoms with Crippen molar-refractivity contribution in [1.29, 1.82) is 5.26 Å². The molecule has 1 saturated heterocycles. The molecule has 0 spiro atoms. The normalized spacial score (nSPS) is 19.4. The minimum absolute atomic E-state index is 0.0277. The lowest BCUT2D eigenvalue weighted by Gasteiger charge is -2.38. The van der Waals surface area contributed by atoms with Gasteiger partial charge in [0.25, 0.3) is 0 Å². The van der Waals surface area contributed by atoms with Gasteiger partial charge in [-0.3, -0.25) is 0 Å². The topological polar surface area (TPSA) is 94.3 Å². The molecule has 0 amide bonds. The average molecular weight is 351 g/mol. The van der Waals surface area contributed by atoms with Crippen LogP contribution in [0.1, 0.15) is 24.0 Å². The van der Waals surface area contributed by atoms with Gasteiger partial charge in [-0.2, -0.15) is 5.26 Å². The first-order valence-electron chi connectivity index (χ1n) is 8.89. The van der Waals surface area contributed by atoms with Gasteiger partial charge in [0.2, 0.25) is 0 Å². The van der Waals surface area contributed by atoms with Gasteiger partial charge in [0, 0.05) is 24.2 Å². The Morgan fingerprint density at radius 1 is 1.35 bits per heavy atom. The number of aryl methyl sites for hydroxylation is 1. The number of ether oxygens (including phenoxy) is 1. The van der Waals surface area contributed by atoms with Gasteiger partial charge >= 0.3 is 0 Å². The number of anilines is 1. The highest BCUT2D eigenvalue weighted by molar-refractivity contribution is 5.74. The number of nitriles is 1. The Labute approximate surface area is 152 Å². The van der Waals surface area contributed by atoms with Crippen LogP contribution in [0, 0.1) is 18.3 Å². The summed E-state index contributed by atoms with van der Waals surface area (Å²) in [6.45, 7) is 5.26. The lowest BCUT2D eigenvalue weighted by atomic mass is 10.0. The van der Waals surface area contributed by atoms with Crippen molar-refractivity contribution in [3.63, 3.8) is 0 Å². The Hall–Kier alpha value is -2.85. The van der Waals surface area contributed by atoms with Crippen LogP contribution in [0.25, 0.3) is 11.3 Å². The maximum absolute atomic E-state index is 10.3. The molecule has 0 saturated carbocycles. The summed E-state index contributed by atoms with van der Waals surface area (Å²) in [6, 6.07) is 7.46. The molecule has 2 aliphatic rings. The van der Waals surface area contributed by atoms with Crippen molar-refractivity contribution in [3.05, 3.63) is 29.3 Å². The van der Waals surface area contributed by atoms with Crippen LogP contribution in [0.5, 0.6) is 11.5 Å². The molecule has 26 heavy (non-hydrogen) atoms. The zero-order valence-electron chi connectivity index (χ0n) is 14.7. The first kappa shape index (κ1) is 16.6. The summed E-state index contributed by atoms with van der Waals surface area (Å²) in [4.78, 5) is 2.27. The fraction of sp³-hybridized carbons (Fsp3) is 0.421. The smallest absolute Gasteiger partial charge is 0.194 e. The van der Waals surface area contributed by atoms with E-state index in [4.69, 9.17) is 10.00 Å². The lowest BCUT2D eigenvalue weighted by molar-refractivity contribution is 0.287. The largest absolute Gasteiger partial charge is 0.507 e. The minimum atomic E-state index is 0.0277. The van der Waals surface area contributed by atoms with E-state index in [1.54, 1.807) is 6.07 Å². The van der Waals surface area contributed by atoms with E-state index < -0.39 is 0 Å². The fourth-order valence-corrected chi connectivity index (χ4v) is 3.78. The Bertz CT molecular complexity index is 848. The monoisotopic (exact) mass is 351 g/mol. The van der Waals surface area contributed by atoms with E-state index in [1.165, 1.54) is 6.07 Å². The average Bonchev–Trinajstić information content (AvgIpc) is 2.67. The van der Waals surface area contributed by atoms with Crippen molar-refractivity contribution in [2.24, 2.45) is 0 Å². The number of piperidine rings is 1. The molecule has 7 heteroatoms. The molecule has 1 atom stereocenters. The van der Waals surface area contributed by atoms with E-state index in [0.29, 0.717) is 35.2 Å². The summed E-state index contributed by atoms with van der Waals surface area (Å²) in [5, 5.41) is 31.6. The van der Waals surface area contributed by atoms with Gasteiger partial charge < -0.3 is 20.1 Å². The van der Waals surface area contributed by atoms with Crippen LogP contribution < -0.4 is 15.0 Å². The molecule has 2 N–H and O–H groups in total. The van der Waals surface area contributed by atoms with Crippen molar-refractivity contribution in [2.45, 2.75) is 25.8 Å². The first-order valence-corrected chi connectivity index (χ1v) is 8.89. The molecular formula is C19H21N5O2. The maximum Gasteiger partial charge on any atom is 0.194 e. The molecule has 1 fully saturated rings. The number of nitrogens with zero attached hydrogens (tertiary/aromatic N) is 4. The van der Waals surface area contributed by atoms with Crippen molar-refractivity contribution in [3.8, 4) is 28.8 Å². The molecule has 1 aromatic heterocycles. The fourth-order valence-electron chi connectivity index (χ4n) is 3.78. The zero-order valence-corrected chi connectivity index (χ0v) is 14.7. The van der Waals surface area contributed by atoms with Gasteiger partial charge in [0.15, 0.2) is 11.6 Å². The van der Waals surface area contributed by atoms with Crippen LogP contribution in [0.4, 0.5) is 5.82 Å². The summed E-state index contributed by atoms with van der Waals surface area (Å²) < 4.78 is 5.83. The van der Waals surface area contributed by atoms with E-state index in [9.17, 15) is 5.11 Å². The number of hydrogen-bond acceptors (Lipinski definition) is 7. The highest BCUT2D eigenvalue weighted by Gasteiger charge is 2.29. The molecule has 134 valence electrons. The second-order valence-electron chi connectivity index (χ2n) is 6.76. The molecule has 2 aromatic rings. The Morgan fingerprint density at radius 3 is 2.96 bits per heavy atom. The Kier molecular flexibility index (Phi) is 4.35. The van der Waals surface area contributed by atoms with Crippen LogP contribution in [0.2, 0.25) is 0 Å². The summed E-state index contributed by atoms with van der Waals surface area (Å²) >= 11 is 0. The first-order chi connectivity index (χ1) is 12.7. The van der Waals surface area contributed by atoms with Crippen LogP contribution in [0.3, 0.4) is 0 Å². The molecule has 3 heterocycles. The standard InChI is InChI=1S/C19H21N5O2/c1-12-7-13(10-20)8-16(25)18(12)15-9-17-19(23-22-15)24(5-6-26-17)14-3-2-4-21-11-14/h7-9,14,21,25H,2-6,11H2,1H3/t14-/m1/s1. The predicted octanol–water partition coefficient (Wildman–Crippen LogP) is 1.98. The molecule has 0 bridgehead atoms. The number of fused-ring (bicyclic) bond motifs is 1. The summed E-state index contributed by atoms with van der Waals surface area (Å²) in [7, 11) is 0. The number of aromatic hydroxyl groups is 1. The van der Waals surface area contributed by atoms with Crippen molar-refractivity contribution >= 4 is 5.82 Å². The summed E-state index contributed by atoms with van der Waals surface area (Å²) in [5.74, 6) is 1.48.